The van der Waals surface area contributed by atoms with E-state index in [1.54, 1.807) is 4.90 Å². The normalized spacial score (nSPS) is 21.2. The van der Waals surface area contributed by atoms with Crippen molar-refractivity contribution in [3.8, 4) is 0 Å². The number of hydrogen-bond donors (Lipinski definition) is 1. The van der Waals surface area contributed by atoms with E-state index in [2.05, 4.69) is 9.98 Å². The monoisotopic (exact) mass is 272 g/mol. The third-order valence-electron chi connectivity index (χ3n) is 3.85. The summed E-state index contributed by atoms with van der Waals surface area (Å²) in [5.41, 5.74) is 4.36. The van der Waals surface area contributed by atoms with Gasteiger partial charge < -0.3 is 10.0 Å². The average molecular weight is 272 g/mol. The Hall–Kier alpha value is -2.21. The summed E-state index contributed by atoms with van der Waals surface area (Å²) in [6, 6.07) is 3.53. The fourth-order valence-electron chi connectivity index (χ4n) is 2.37. The Kier molecular flexibility index (Phi) is 2.65. The second-order valence-electron chi connectivity index (χ2n) is 5.18. The number of amides is 2. The number of amidine groups is 1. The highest BCUT2D eigenvalue weighted by Crippen LogP contribution is 2.36. The number of benzene rings is 1. The van der Waals surface area contributed by atoms with Gasteiger partial charge in [-0.25, -0.2) is 9.79 Å². The molecule has 0 aromatic heterocycles. The Morgan fingerprint density at radius 2 is 1.80 bits per heavy atom. The first-order valence-corrected chi connectivity index (χ1v) is 6.37. The number of carbonyl (C=O) groups excluding carboxylic acids is 1. The third kappa shape index (κ3) is 1.65. The highest BCUT2D eigenvalue weighted by atomic mass is 16.3. The predicted octanol–water partition coefficient (Wildman–Crippen LogP) is 1.61. The second kappa shape index (κ2) is 4.14. The van der Waals surface area contributed by atoms with Crippen LogP contribution in [0, 0.1) is 13.8 Å². The van der Waals surface area contributed by atoms with Gasteiger partial charge in [0.05, 0.1) is 11.4 Å². The van der Waals surface area contributed by atoms with E-state index in [1.165, 1.54) is 11.9 Å². The van der Waals surface area contributed by atoms with Crippen LogP contribution >= 0.6 is 0 Å². The van der Waals surface area contributed by atoms with Gasteiger partial charge in [-0.3, -0.25) is 4.90 Å². The van der Waals surface area contributed by atoms with E-state index in [1.807, 2.05) is 33.0 Å². The van der Waals surface area contributed by atoms with Crippen LogP contribution in [-0.4, -0.2) is 47.9 Å². The molecule has 2 aliphatic rings. The number of carbonyl (C=O) groups is 1. The van der Waals surface area contributed by atoms with Gasteiger partial charge in [0.2, 0.25) is 0 Å². The molecule has 0 spiro atoms. The van der Waals surface area contributed by atoms with Gasteiger partial charge >= 0.3 is 6.03 Å². The molecule has 0 fully saturated rings. The molecule has 0 radical (unpaired) electrons. The van der Waals surface area contributed by atoms with Crippen molar-refractivity contribution in [2.24, 2.45) is 9.98 Å². The maximum Gasteiger partial charge on any atom is 0.347 e. The first-order chi connectivity index (χ1) is 9.40. The molecule has 104 valence electrons. The van der Waals surface area contributed by atoms with E-state index < -0.39 is 12.3 Å². The number of anilines is 1. The van der Waals surface area contributed by atoms with Crippen molar-refractivity contribution in [3.63, 3.8) is 0 Å². The SMILES string of the molecule is Cc1cc2c(cc1C)N(C)C1=NC(=O)N(C)C(O)C1=N2. The predicted molar refractivity (Wildman–Crippen MR) is 78.0 cm³/mol. The first kappa shape index (κ1) is 12.8. The summed E-state index contributed by atoms with van der Waals surface area (Å²) in [7, 11) is 3.33. The van der Waals surface area contributed by atoms with Crippen LogP contribution in [0.4, 0.5) is 16.2 Å². The van der Waals surface area contributed by atoms with Crippen molar-refractivity contribution >= 4 is 29.0 Å². The zero-order valence-electron chi connectivity index (χ0n) is 11.9. The van der Waals surface area contributed by atoms with Crippen LogP contribution in [0.5, 0.6) is 0 Å². The van der Waals surface area contributed by atoms with Crippen molar-refractivity contribution in [2.45, 2.75) is 20.1 Å². The summed E-state index contributed by atoms with van der Waals surface area (Å²) in [5.74, 6) is 0.413. The molecule has 2 amide bonds. The summed E-state index contributed by atoms with van der Waals surface area (Å²) in [4.78, 5) is 23.2. The van der Waals surface area contributed by atoms with Crippen molar-refractivity contribution in [1.82, 2.24) is 4.90 Å². The maximum absolute atomic E-state index is 11.7. The van der Waals surface area contributed by atoms with Gasteiger partial charge in [0.15, 0.2) is 12.1 Å². The number of aryl methyl sites for hydroxylation is 2. The molecule has 0 saturated carbocycles. The molecule has 1 N–H and O–H groups in total. The van der Waals surface area contributed by atoms with Gasteiger partial charge in [-0.05, 0) is 37.1 Å². The van der Waals surface area contributed by atoms with Crippen LogP contribution in [-0.2, 0) is 0 Å². The number of rotatable bonds is 0. The lowest BCUT2D eigenvalue weighted by molar-refractivity contribution is 0.102. The summed E-state index contributed by atoms with van der Waals surface area (Å²) < 4.78 is 0. The Labute approximate surface area is 117 Å². The largest absolute Gasteiger partial charge is 0.368 e. The Morgan fingerprint density at radius 3 is 2.50 bits per heavy atom. The quantitative estimate of drug-likeness (QED) is 0.780. The molecule has 1 atom stereocenters. The lowest BCUT2D eigenvalue weighted by Gasteiger charge is -2.35. The fraction of sp³-hybridized carbons (Fsp3) is 0.357. The van der Waals surface area contributed by atoms with Crippen LogP contribution in [0.1, 0.15) is 11.1 Å². The number of fused-ring (bicyclic) bond motifs is 2. The first-order valence-electron chi connectivity index (χ1n) is 6.37. The lowest BCUT2D eigenvalue weighted by atomic mass is 10.0. The summed E-state index contributed by atoms with van der Waals surface area (Å²) in [5, 5.41) is 10.2. The van der Waals surface area contributed by atoms with E-state index in [0.717, 1.165) is 22.5 Å². The molecule has 0 saturated heterocycles. The van der Waals surface area contributed by atoms with Gasteiger partial charge in [0.25, 0.3) is 0 Å². The van der Waals surface area contributed by atoms with Crippen LogP contribution in [0.3, 0.4) is 0 Å². The van der Waals surface area contributed by atoms with Crippen LogP contribution < -0.4 is 4.90 Å². The fourth-order valence-corrected chi connectivity index (χ4v) is 2.37. The Balaban J connectivity index is 2.23. The maximum atomic E-state index is 11.7. The van der Waals surface area contributed by atoms with Gasteiger partial charge in [0.1, 0.15) is 5.71 Å². The standard InChI is InChI=1S/C14H16N4O2/c1-7-5-9-10(6-8(7)2)17(3)12-11(15-9)13(19)18(4)14(20)16-12/h5-6,13,19H,1-4H3. The van der Waals surface area contributed by atoms with E-state index in [0.29, 0.717) is 11.5 Å². The molecule has 3 rings (SSSR count). The zero-order chi connectivity index (χ0) is 14.6. The van der Waals surface area contributed by atoms with E-state index in [9.17, 15) is 9.90 Å². The molecular formula is C14H16N4O2. The molecule has 2 heterocycles. The molecule has 2 aliphatic heterocycles. The van der Waals surface area contributed by atoms with Gasteiger partial charge in [-0.15, -0.1) is 0 Å². The minimum atomic E-state index is -1.06. The van der Waals surface area contributed by atoms with E-state index in [4.69, 9.17) is 0 Å². The number of nitrogens with zero attached hydrogens (tertiary/aromatic N) is 4. The molecule has 6 heteroatoms. The lowest BCUT2D eigenvalue weighted by Crippen LogP contribution is -2.54. The minimum Gasteiger partial charge on any atom is -0.368 e. The third-order valence-corrected chi connectivity index (χ3v) is 3.85. The zero-order valence-corrected chi connectivity index (χ0v) is 11.9. The summed E-state index contributed by atoms with van der Waals surface area (Å²) in [6.07, 6.45) is -1.06. The Morgan fingerprint density at radius 1 is 1.15 bits per heavy atom. The second-order valence-corrected chi connectivity index (χ2v) is 5.18. The number of urea groups is 1. The number of aliphatic imine (C=N–C) groups is 2. The Bertz CT molecular complexity index is 678. The molecule has 1 aromatic rings. The summed E-state index contributed by atoms with van der Waals surface area (Å²) in [6.45, 7) is 4.05. The molecule has 1 aromatic carbocycles. The van der Waals surface area contributed by atoms with Crippen molar-refractivity contribution < 1.29 is 9.90 Å². The van der Waals surface area contributed by atoms with Crippen LogP contribution in [0.2, 0.25) is 0 Å². The highest BCUT2D eigenvalue weighted by molar-refractivity contribution is 6.51. The van der Waals surface area contributed by atoms with Gasteiger partial charge in [-0.1, -0.05) is 0 Å². The number of aliphatic hydroxyl groups is 1. The number of aliphatic hydroxyl groups excluding tert-OH is 1. The minimum absolute atomic E-state index is 0.408. The van der Waals surface area contributed by atoms with Gasteiger partial charge in [-0.2, -0.15) is 4.99 Å². The topological polar surface area (TPSA) is 68.5 Å². The molecule has 0 bridgehead atoms. The van der Waals surface area contributed by atoms with E-state index in [-0.39, 0.29) is 0 Å². The molecule has 0 aliphatic carbocycles. The van der Waals surface area contributed by atoms with Crippen molar-refractivity contribution in [2.75, 3.05) is 19.0 Å². The highest BCUT2D eigenvalue weighted by Gasteiger charge is 2.37. The van der Waals surface area contributed by atoms with Crippen LogP contribution in [0.15, 0.2) is 22.1 Å². The van der Waals surface area contributed by atoms with Crippen molar-refractivity contribution in [3.05, 3.63) is 23.3 Å². The number of hydrogen-bond acceptors (Lipinski definition) is 4. The summed E-state index contributed by atoms with van der Waals surface area (Å²) >= 11 is 0. The van der Waals surface area contributed by atoms with Gasteiger partial charge in [0, 0.05) is 14.1 Å². The van der Waals surface area contributed by atoms with Crippen molar-refractivity contribution in [1.29, 1.82) is 0 Å². The molecule has 1 unspecified atom stereocenters. The molecule has 6 nitrogen and oxygen atoms in total. The molecular weight excluding hydrogens is 256 g/mol. The smallest absolute Gasteiger partial charge is 0.347 e. The molecule has 20 heavy (non-hydrogen) atoms. The van der Waals surface area contributed by atoms with Crippen LogP contribution in [0.25, 0.3) is 0 Å². The average Bonchev–Trinajstić information content (AvgIpc) is 2.41. The van der Waals surface area contributed by atoms with E-state index >= 15 is 0 Å².